The van der Waals surface area contributed by atoms with Crippen LogP contribution in [0.15, 0.2) is 30.3 Å². The molecule has 3 heteroatoms. The number of carbonyl (C=O) groups excluding carboxylic acids is 1. The summed E-state index contributed by atoms with van der Waals surface area (Å²) >= 11 is 0. The number of nitrogens with zero attached hydrogens (tertiary/aromatic N) is 1. The first-order valence-corrected chi connectivity index (χ1v) is 7.11. The Morgan fingerprint density at radius 3 is 2.42 bits per heavy atom. The van der Waals surface area contributed by atoms with Gasteiger partial charge in [0.25, 0.3) is 0 Å². The molecule has 3 nitrogen and oxygen atoms in total. The highest BCUT2D eigenvalue weighted by atomic mass is 16.2. The SMILES string of the molecule is CCN(CCc1ccccc1)C(=O)CC(N)C(C)C. The fourth-order valence-corrected chi connectivity index (χ4v) is 1.93. The third-order valence-electron chi connectivity index (χ3n) is 3.51. The molecule has 0 fully saturated rings. The molecule has 0 aliphatic rings. The lowest BCUT2D eigenvalue weighted by Crippen LogP contribution is -2.38. The van der Waals surface area contributed by atoms with E-state index >= 15 is 0 Å². The molecule has 1 aromatic carbocycles. The van der Waals surface area contributed by atoms with Gasteiger partial charge in [0, 0.05) is 25.6 Å². The van der Waals surface area contributed by atoms with Crippen LogP contribution in [0.2, 0.25) is 0 Å². The van der Waals surface area contributed by atoms with E-state index in [1.165, 1.54) is 5.56 Å². The number of amides is 1. The molecule has 0 saturated carbocycles. The molecule has 0 aliphatic heterocycles. The van der Waals surface area contributed by atoms with Crippen molar-refractivity contribution in [3.8, 4) is 0 Å². The van der Waals surface area contributed by atoms with Gasteiger partial charge in [0.1, 0.15) is 0 Å². The first-order valence-electron chi connectivity index (χ1n) is 7.11. The van der Waals surface area contributed by atoms with E-state index in [2.05, 4.69) is 26.0 Å². The number of hydrogen-bond donors (Lipinski definition) is 1. The quantitative estimate of drug-likeness (QED) is 0.820. The smallest absolute Gasteiger partial charge is 0.224 e. The van der Waals surface area contributed by atoms with Gasteiger partial charge in [0.15, 0.2) is 0 Å². The number of rotatable bonds is 7. The second-order valence-corrected chi connectivity index (χ2v) is 5.32. The van der Waals surface area contributed by atoms with E-state index in [1.807, 2.05) is 30.0 Å². The summed E-state index contributed by atoms with van der Waals surface area (Å²) < 4.78 is 0. The van der Waals surface area contributed by atoms with Crippen LogP contribution < -0.4 is 5.73 Å². The maximum atomic E-state index is 12.2. The molecule has 0 aromatic heterocycles. The molecule has 0 aliphatic carbocycles. The molecule has 1 rings (SSSR count). The molecule has 0 saturated heterocycles. The van der Waals surface area contributed by atoms with Gasteiger partial charge in [-0.2, -0.15) is 0 Å². The Balaban J connectivity index is 2.47. The maximum absolute atomic E-state index is 12.2. The molecule has 0 heterocycles. The number of likely N-dealkylation sites (N-methyl/N-ethyl adjacent to an activating group) is 1. The van der Waals surface area contributed by atoms with Crippen molar-refractivity contribution in [2.24, 2.45) is 11.7 Å². The third kappa shape index (κ3) is 5.43. The minimum absolute atomic E-state index is 0.0433. The average molecular weight is 262 g/mol. The molecule has 1 unspecified atom stereocenters. The molecular formula is C16H26N2O. The molecule has 19 heavy (non-hydrogen) atoms. The molecule has 0 spiro atoms. The van der Waals surface area contributed by atoms with Gasteiger partial charge in [-0.05, 0) is 24.8 Å². The van der Waals surface area contributed by atoms with Gasteiger partial charge in [-0.1, -0.05) is 44.2 Å². The topological polar surface area (TPSA) is 46.3 Å². The predicted molar refractivity (Wildman–Crippen MR) is 79.8 cm³/mol. The van der Waals surface area contributed by atoms with Crippen LogP contribution in [-0.4, -0.2) is 29.9 Å². The summed E-state index contributed by atoms with van der Waals surface area (Å²) in [5.74, 6) is 0.511. The van der Waals surface area contributed by atoms with Gasteiger partial charge in [-0.3, -0.25) is 4.79 Å². The Morgan fingerprint density at radius 1 is 1.26 bits per heavy atom. The van der Waals surface area contributed by atoms with Gasteiger partial charge >= 0.3 is 0 Å². The van der Waals surface area contributed by atoms with E-state index in [1.54, 1.807) is 0 Å². The first-order chi connectivity index (χ1) is 9.04. The van der Waals surface area contributed by atoms with E-state index in [0.29, 0.717) is 12.3 Å². The third-order valence-corrected chi connectivity index (χ3v) is 3.51. The van der Waals surface area contributed by atoms with Crippen molar-refractivity contribution in [2.45, 2.75) is 39.7 Å². The van der Waals surface area contributed by atoms with Gasteiger partial charge in [-0.15, -0.1) is 0 Å². The summed E-state index contributed by atoms with van der Waals surface area (Å²) in [6, 6.07) is 10.2. The Kier molecular flexibility index (Phi) is 6.57. The van der Waals surface area contributed by atoms with E-state index in [-0.39, 0.29) is 11.9 Å². The van der Waals surface area contributed by atoms with Crippen LogP contribution in [0, 0.1) is 5.92 Å². The number of nitrogens with two attached hydrogens (primary N) is 1. The van der Waals surface area contributed by atoms with Gasteiger partial charge in [0.05, 0.1) is 0 Å². The largest absolute Gasteiger partial charge is 0.343 e. The standard InChI is InChI=1S/C16H26N2O/c1-4-18(16(19)12-15(17)13(2)3)11-10-14-8-6-5-7-9-14/h5-9,13,15H,4,10-12,17H2,1-3H3. The summed E-state index contributed by atoms with van der Waals surface area (Å²) in [7, 11) is 0. The second-order valence-electron chi connectivity index (χ2n) is 5.32. The molecule has 0 bridgehead atoms. The van der Waals surface area contributed by atoms with Crippen LogP contribution >= 0.6 is 0 Å². The highest BCUT2D eigenvalue weighted by Crippen LogP contribution is 2.07. The molecule has 106 valence electrons. The van der Waals surface area contributed by atoms with Crippen LogP contribution in [0.1, 0.15) is 32.8 Å². The van der Waals surface area contributed by atoms with E-state index in [0.717, 1.165) is 19.5 Å². The highest BCUT2D eigenvalue weighted by molar-refractivity contribution is 5.76. The van der Waals surface area contributed by atoms with Crippen LogP contribution in [0.4, 0.5) is 0 Å². The molecule has 1 aromatic rings. The minimum Gasteiger partial charge on any atom is -0.343 e. The lowest BCUT2D eigenvalue weighted by Gasteiger charge is -2.24. The first kappa shape index (κ1) is 15.7. The molecule has 0 radical (unpaired) electrons. The molecule has 1 atom stereocenters. The summed E-state index contributed by atoms with van der Waals surface area (Å²) in [5, 5.41) is 0. The Labute approximate surface area is 116 Å². The normalized spacial score (nSPS) is 12.5. The number of carbonyl (C=O) groups is 1. The van der Waals surface area contributed by atoms with Crippen molar-refractivity contribution >= 4 is 5.91 Å². The summed E-state index contributed by atoms with van der Waals surface area (Å²) in [6.45, 7) is 7.64. The highest BCUT2D eigenvalue weighted by Gasteiger charge is 2.17. The lowest BCUT2D eigenvalue weighted by atomic mass is 10.0. The Bertz CT molecular complexity index is 376. The van der Waals surface area contributed by atoms with Gasteiger partial charge in [0.2, 0.25) is 5.91 Å². The van der Waals surface area contributed by atoms with E-state index in [9.17, 15) is 4.79 Å². The Hall–Kier alpha value is -1.35. The Morgan fingerprint density at radius 2 is 1.89 bits per heavy atom. The van der Waals surface area contributed by atoms with Crippen LogP contribution in [-0.2, 0) is 11.2 Å². The van der Waals surface area contributed by atoms with E-state index < -0.39 is 0 Å². The zero-order valence-corrected chi connectivity index (χ0v) is 12.3. The van der Waals surface area contributed by atoms with Crippen molar-refractivity contribution in [2.75, 3.05) is 13.1 Å². The fourth-order valence-electron chi connectivity index (χ4n) is 1.93. The number of benzene rings is 1. The van der Waals surface area contributed by atoms with Crippen molar-refractivity contribution in [1.29, 1.82) is 0 Å². The zero-order chi connectivity index (χ0) is 14.3. The molecule has 1 amide bonds. The summed E-state index contributed by atoms with van der Waals surface area (Å²) in [4.78, 5) is 14.1. The molecule has 2 N–H and O–H groups in total. The van der Waals surface area contributed by atoms with E-state index in [4.69, 9.17) is 5.73 Å². The predicted octanol–water partition coefficient (Wildman–Crippen LogP) is 2.45. The van der Waals surface area contributed by atoms with Crippen molar-refractivity contribution in [3.05, 3.63) is 35.9 Å². The molecular weight excluding hydrogens is 236 g/mol. The van der Waals surface area contributed by atoms with Gasteiger partial charge in [-0.25, -0.2) is 0 Å². The summed E-state index contributed by atoms with van der Waals surface area (Å²) in [6.07, 6.45) is 1.34. The van der Waals surface area contributed by atoms with Gasteiger partial charge < -0.3 is 10.6 Å². The van der Waals surface area contributed by atoms with Crippen LogP contribution in [0.25, 0.3) is 0 Å². The van der Waals surface area contributed by atoms with Crippen LogP contribution in [0.3, 0.4) is 0 Å². The average Bonchev–Trinajstić information content (AvgIpc) is 2.40. The summed E-state index contributed by atoms with van der Waals surface area (Å²) in [5.41, 5.74) is 7.24. The van der Waals surface area contributed by atoms with Crippen LogP contribution in [0.5, 0.6) is 0 Å². The fraction of sp³-hybridized carbons (Fsp3) is 0.562. The van der Waals surface area contributed by atoms with Crippen molar-refractivity contribution in [1.82, 2.24) is 4.90 Å². The minimum atomic E-state index is -0.0433. The maximum Gasteiger partial charge on any atom is 0.224 e. The second kappa shape index (κ2) is 7.95. The van der Waals surface area contributed by atoms with Crippen molar-refractivity contribution < 1.29 is 4.79 Å². The lowest BCUT2D eigenvalue weighted by molar-refractivity contribution is -0.131. The monoisotopic (exact) mass is 262 g/mol. The number of hydrogen-bond acceptors (Lipinski definition) is 2. The zero-order valence-electron chi connectivity index (χ0n) is 12.3. The van der Waals surface area contributed by atoms with Crippen molar-refractivity contribution in [3.63, 3.8) is 0 Å².